The van der Waals surface area contributed by atoms with Crippen molar-refractivity contribution in [3.05, 3.63) is 68.6 Å². The summed E-state index contributed by atoms with van der Waals surface area (Å²) in [6.07, 6.45) is -0.288. The standard InChI is InChI=1S/C17H16Br2O2/c1-17(2)20-15(11-7-3-5-9-13(11)18)16(21-17)12-8-4-6-10-14(12)19/h3-10,15-16H,1-2H3/t15-,16-/m1/s1. The van der Waals surface area contributed by atoms with E-state index in [1.165, 1.54) is 0 Å². The molecular formula is C17H16Br2O2. The molecule has 110 valence electrons. The van der Waals surface area contributed by atoms with Gasteiger partial charge in [0.2, 0.25) is 0 Å². The fourth-order valence-electron chi connectivity index (χ4n) is 2.63. The highest BCUT2D eigenvalue weighted by Gasteiger charge is 2.44. The van der Waals surface area contributed by atoms with Gasteiger partial charge in [-0.25, -0.2) is 0 Å². The summed E-state index contributed by atoms with van der Waals surface area (Å²) >= 11 is 7.23. The summed E-state index contributed by atoms with van der Waals surface area (Å²) in [6, 6.07) is 16.2. The molecule has 2 aromatic carbocycles. The molecule has 4 heteroatoms. The fraction of sp³-hybridized carbons (Fsp3) is 0.294. The number of benzene rings is 2. The van der Waals surface area contributed by atoms with Crippen LogP contribution in [0.15, 0.2) is 57.5 Å². The molecule has 1 saturated heterocycles. The smallest absolute Gasteiger partial charge is 0.164 e. The lowest BCUT2D eigenvalue weighted by Crippen LogP contribution is -2.20. The van der Waals surface area contributed by atoms with Crippen molar-refractivity contribution in [2.24, 2.45) is 0 Å². The molecule has 0 unspecified atom stereocenters. The Kier molecular flexibility index (Phi) is 4.23. The lowest BCUT2D eigenvalue weighted by molar-refractivity contribution is -0.147. The average molecular weight is 412 g/mol. The molecule has 1 aliphatic heterocycles. The van der Waals surface area contributed by atoms with Crippen LogP contribution in [0.4, 0.5) is 0 Å². The Morgan fingerprint density at radius 1 is 0.762 bits per heavy atom. The first-order valence-electron chi connectivity index (χ1n) is 6.82. The van der Waals surface area contributed by atoms with Crippen LogP contribution < -0.4 is 0 Å². The molecule has 21 heavy (non-hydrogen) atoms. The molecule has 2 aromatic rings. The summed E-state index contributed by atoms with van der Waals surface area (Å²) in [4.78, 5) is 0. The van der Waals surface area contributed by atoms with Gasteiger partial charge in [0, 0.05) is 8.95 Å². The molecule has 1 aliphatic rings. The third-order valence-electron chi connectivity index (χ3n) is 3.52. The van der Waals surface area contributed by atoms with Gasteiger partial charge in [-0.1, -0.05) is 68.3 Å². The molecule has 0 saturated carbocycles. The van der Waals surface area contributed by atoms with Gasteiger partial charge in [-0.2, -0.15) is 0 Å². The molecule has 0 aliphatic carbocycles. The molecule has 2 nitrogen and oxygen atoms in total. The van der Waals surface area contributed by atoms with Crippen molar-refractivity contribution < 1.29 is 9.47 Å². The van der Waals surface area contributed by atoms with Crippen molar-refractivity contribution >= 4 is 31.9 Å². The first-order chi connectivity index (χ1) is 9.98. The van der Waals surface area contributed by atoms with Crippen molar-refractivity contribution in [3.8, 4) is 0 Å². The lowest BCUT2D eigenvalue weighted by atomic mass is 9.98. The van der Waals surface area contributed by atoms with Crippen LogP contribution in [-0.2, 0) is 9.47 Å². The lowest BCUT2D eigenvalue weighted by Gasteiger charge is -2.19. The zero-order chi connectivity index (χ0) is 15.0. The molecule has 0 N–H and O–H groups in total. The molecule has 2 atom stereocenters. The maximum atomic E-state index is 6.16. The van der Waals surface area contributed by atoms with Crippen LogP contribution in [0.2, 0.25) is 0 Å². The Morgan fingerprint density at radius 2 is 1.14 bits per heavy atom. The SMILES string of the molecule is CC1(C)O[C@H](c2ccccc2Br)[C@@H](c2ccccc2Br)O1. The molecule has 3 rings (SSSR count). The molecule has 0 spiro atoms. The van der Waals surface area contributed by atoms with Crippen molar-refractivity contribution in [1.29, 1.82) is 0 Å². The minimum atomic E-state index is -0.611. The highest BCUT2D eigenvalue weighted by molar-refractivity contribution is 9.10. The van der Waals surface area contributed by atoms with Gasteiger partial charge >= 0.3 is 0 Å². The summed E-state index contributed by atoms with van der Waals surface area (Å²) in [5.41, 5.74) is 2.20. The molecule has 1 heterocycles. The average Bonchev–Trinajstić information content (AvgIpc) is 2.75. The number of hydrogen-bond acceptors (Lipinski definition) is 2. The van der Waals surface area contributed by atoms with Gasteiger partial charge in [-0.05, 0) is 37.1 Å². The van der Waals surface area contributed by atoms with Crippen LogP contribution >= 0.6 is 31.9 Å². The number of halogens is 2. The Morgan fingerprint density at radius 3 is 1.52 bits per heavy atom. The summed E-state index contributed by atoms with van der Waals surface area (Å²) in [6.45, 7) is 3.90. The third-order valence-corrected chi connectivity index (χ3v) is 4.96. The van der Waals surface area contributed by atoms with E-state index in [0.29, 0.717) is 0 Å². The minimum Gasteiger partial charge on any atom is -0.339 e. The maximum Gasteiger partial charge on any atom is 0.164 e. The van der Waals surface area contributed by atoms with E-state index in [0.717, 1.165) is 20.1 Å². The zero-order valence-corrected chi connectivity index (χ0v) is 15.0. The summed E-state index contributed by atoms with van der Waals surface area (Å²) in [5.74, 6) is -0.611. The largest absolute Gasteiger partial charge is 0.339 e. The van der Waals surface area contributed by atoms with Crippen LogP contribution in [0.25, 0.3) is 0 Å². The number of rotatable bonds is 2. The van der Waals surface area contributed by atoms with Gasteiger partial charge in [0.15, 0.2) is 5.79 Å². The second-order valence-corrected chi connectivity index (χ2v) is 7.23. The predicted molar refractivity (Wildman–Crippen MR) is 90.0 cm³/mol. The zero-order valence-electron chi connectivity index (χ0n) is 11.8. The molecule has 0 amide bonds. The first-order valence-corrected chi connectivity index (χ1v) is 8.41. The first kappa shape index (κ1) is 15.2. The topological polar surface area (TPSA) is 18.5 Å². The van der Waals surface area contributed by atoms with E-state index in [4.69, 9.17) is 9.47 Å². The quantitative estimate of drug-likeness (QED) is 0.623. The normalized spacial score (nSPS) is 24.2. The summed E-state index contributed by atoms with van der Waals surface area (Å²) in [5, 5.41) is 0. The van der Waals surface area contributed by atoms with E-state index >= 15 is 0 Å². The van der Waals surface area contributed by atoms with Crippen LogP contribution in [0.5, 0.6) is 0 Å². The van der Waals surface area contributed by atoms with E-state index in [1.807, 2.05) is 50.2 Å². The highest BCUT2D eigenvalue weighted by Crippen LogP contribution is 2.49. The molecule has 0 bridgehead atoms. The second kappa shape index (κ2) is 5.84. The molecule has 0 radical (unpaired) electrons. The van der Waals surface area contributed by atoms with Crippen molar-refractivity contribution in [3.63, 3.8) is 0 Å². The Hall–Kier alpha value is -0.680. The van der Waals surface area contributed by atoms with Gasteiger partial charge in [0.1, 0.15) is 12.2 Å². The van der Waals surface area contributed by atoms with Gasteiger partial charge in [-0.15, -0.1) is 0 Å². The van der Waals surface area contributed by atoms with Gasteiger partial charge in [0.05, 0.1) is 0 Å². The second-order valence-electron chi connectivity index (χ2n) is 5.52. The van der Waals surface area contributed by atoms with Gasteiger partial charge in [-0.3, -0.25) is 0 Å². The van der Waals surface area contributed by atoms with Crippen molar-refractivity contribution in [2.45, 2.75) is 31.8 Å². The fourth-order valence-corrected chi connectivity index (χ4v) is 3.65. The molecule has 1 fully saturated rings. The Bertz CT molecular complexity index is 599. The predicted octanol–water partition coefficient (Wildman–Crippen LogP) is 5.78. The van der Waals surface area contributed by atoms with Gasteiger partial charge in [0.25, 0.3) is 0 Å². The monoisotopic (exact) mass is 410 g/mol. The van der Waals surface area contributed by atoms with Crippen LogP contribution in [0, 0.1) is 0 Å². The Labute approximate surface area is 141 Å². The number of hydrogen-bond donors (Lipinski definition) is 0. The molecule has 0 aromatic heterocycles. The highest BCUT2D eigenvalue weighted by atomic mass is 79.9. The van der Waals surface area contributed by atoms with Crippen molar-refractivity contribution in [1.82, 2.24) is 0 Å². The Balaban J connectivity index is 2.06. The number of ether oxygens (including phenoxy) is 2. The molecular weight excluding hydrogens is 396 g/mol. The van der Waals surface area contributed by atoms with Crippen molar-refractivity contribution in [2.75, 3.05) is 0 Å². The van der Waals surface area contributed by atoms with Crippen LogP contribution in [0.3, 0.4) is 0 Å². The van der Waals surface area contributed by atoms with E-state index in [9.17, 15) is 0 Å². The summed E-state index contributed by atoms with van der Waals surface area (Å²) in [7, 11) is 0. The van der Waals surface area contributed by atoms with E-state index in [1.54, 1.807) is 0 Å². The van der Waals surface area contributed by atoms with E-state index in [-0.39, 0.29) is 12.2 Å². The third kappa shape index (κ3) is 3.09. The van der Waals surface area contributed by atoms with Crippen LogP contribution in [-0.4, -0.2) is 5.79 Å². The van der Waals surface area contributed by atoms with Crippen LogP contribution in [0.1, 0.15) is 37.2 Å². The van der Waals surface area contributed by atoms with Gasteiger partial charge < -0.3 is 9.47 Å². The van der Waals surface area contributed by atoms with E-state index < -0.39 is 5.79 Å². The summed E-state index contributed by atoms with van der Waals surface area (Å²) < 4.78 is 14.4. The van der Waals surface area contributed by atoms with E-state index in [2.05, 4.69) is 44.0 Å². The maximum absolute atomic E-state index is 6.16. The minimum absolute atomic E-state index is 0.144.